The topological polar surface area (TPSA) is 73.3 Å². The average molecular weight is 274 g/mol. The minimum Gasteiger partial charge on any atom is -0.397 e. The van der Waals surface area contributed by atoms with Crippen LogP contribution in [0.1, 0.15) is 19.3 Å². The molecule has 1 aliphatic heterocycles. The molecule has 2 rings (SSSR count). The maximum absolute atomic E-state index is 13.8. The van der Waals surface area contributed by atoms with Gasteiger partial charge < -0.3 is 21.5 Å². The fraction of sp³-hybridized carbons (Fsp3) is 0.500. The molecule has 1 unspecified atom stereocenters. The van der Waals surface area contributed by atoms with E-state index in [0.717, 1.165) is 25.9 Å². The van der Waals surface area contributed by atoms with E-state index in [-0.39, 0.29) is 28.2 Å². The number of nitrogens with two attached hydrogens (primary N) is 2. The first kappa shape index (κ1) is 13.2. The summed E-state index contributed by atoms with van der Waals surface area (Å²) in [6, 6.07) is 1.46. The summed E-state index contributed by atoms with van der Waals surface area (Å²) in [6.45, 7) is 1.40. The zero-order chi connectivity index (χ0) is 13.1. The van der Waals surface area contributed by atoms with Crippen LogP contribution < -0.4 is 16.8 Å². The lowest BCUT2D eigenvalue weighted by Crippen LogP contribution is -2.14. The minimum absolute atomic E-state index is 0.0937. The fourth-order valence-corrected chi connectivity index (χ4v) is 2.23. The standard InChI is InChI=1S/C12H17ClFN3O/c13-10-8(15)6-9(16)12(11(10)14)17-4-3-7-2-1-5-18-7/h6-7,17H,1-5,15-16H2. The highest BCUT2D eigenvalue weighted by Gasteiger charge is 2.17. The number of benzene rings is 1. The molecular weight excluding hydrogens is 257 g/mol. The van der Waals surface area contributed by atoms with E-state index in [2.05, 4.69) is 5.32 Å². The van der Waals surface area contributed by atoms with Crippen molar-refractivity contribution in [2.45, 2.75) is 25.4 Å². The highest BCUT2D eigenvalue weighted by Crippen LogP contribution is 2.33. The highest BCUT2D eigenvalue weighted by molar-refractivity contribution is 6.33. The molecule has 1 heterocycles. The average Bonchev–Trinajstić information content (AvgIpc) is 2.84. The van der Waals surface area contributed by atoms with Gasteiger partial charge in [0, 0.05) is 13.2 Å². The SMILES string of the molecule is Nc1cc(N)c(NCCC2CCCO2)c(F)c1Cl. The first-order chi connectivity index (χ1) is 8.59. The Morgan fingerprint density at radius 3 is 2.89 bits per heavy atom. The Bertz CT molecular complexity index is 436. The largest absolute Gasteiger partial charge is 0.397 e. The summed E-state index contributed by atoms with van der Waals surface area (Å²) >= 11 is 5.74. The smallest absolute Gasteiger partial charge is 0.169 e. The zero-order valence-electron chi connectivity index (χ0n) is 10.0. The molecule has 1 aromatic rings. The molecule has 4 nitrogen and oxygen atoms in total. The van der Waals surface area contributed by atoms with Crippen molar-refractivity contribution in [2.75, 3.05) is 29.9 Å². The Hall–Kier alpha value is -1.20. The molecule has 5 N–H and O–H groups in total. The number of nitrogens with one attached hydrogen (secondary N) is 1. The van der Waals surface area contributed by atoms with Gasteiger partial charge in [0.25, 0.3) is 0 Å². The second-order valence-electron chi connectivity index (χ2n) is 4.41. The van der Waals surface area contributed by atoms with Gasteiger partial charge in [0.1, 0.15) is 5.02 Å². The fourth-order valence-electron chi connectivity index (χ4n) is 2.08. The van der Waals surface area contributed by atoms with E-state index in [1.807, 2.05) is 0 Å². The van der Waals surface area contributed by atoms with Crippen molar-refractivity contribution in [1.29, 1.82) is 0 Å². The Kier molecular flexibility index (Phi) is 4.14. The van der Waals surface area contributed by atoms with E-state index < -0.39 is 5.82 Å². The second-order valence-corrected chi connectivity index (χ2v) is 4.79. The Morgan fingerprint density at radius 2 is 2.22 bits per heavy atom. The molecule has 0 aromatic heterocycles. The summed E-state index contributed by atoms with van der Waals surface area (Å²) in [5.74, 6) is -0.596. The molecule has 1 aromatic carbocycles. The van der Waals surface area contributed by atoms with Crippen LogP contribution in [0.4, 0.5) is 21.5 Å². The van der Waals surface area contributed by atoms with Gasteiger partial charge in [-0.15, -0.1) is 0 Å². The third-order valence-corrected chi connectivity index (χ3v) is 3.44. The van der Waals surface area contributed by atoms with Crippen LogP contribution in [-0.2, 0) is 4.74 Å². The number of hydrogen-bond donors (Lipinski definition) is 3. The molecule has 0 amide bonds. The molecule has 18 heavy (non-hydrogen) atoms. The molecule has 100 valence electrons. The summed E-state index contributed by atoms with van der Waals surface area (Å²) in [6.07, 6.45) is 3.23. The summed E-state index contributed by atoms with van der Waals surface area (Å²) in [7, 11) is 0. The van der Waals surface area contributed by atoms with Crippen LogP contribution in [0.3, 0.4) is 0 Å². The van der Waals surface area contributed by atoms with E-state index in [4.69, 9.17) is 27.8 Å². The molecule has 0 saturated carbocycles. The molecular formula is C12H17ClFN3O. The Morgan fingerprint density at radius 1 is 1.44 bits per heavy atom. The van der Waals surface area contributed by atoms with Crippen molar-refractivity contribution in [1.82, 2.24) is 0 Å². The van der Waals surface area contributed by atoms with Crippen molar-refractivity contribution >= 4 is 28.7 Å². The van der Waals surface area contributed by atoms with Gasteiger partial charge in [0.2, 0.25) is 0 Å². The normalized spacial score (nSPS) is 19.1. The van der Waals surface area contributed by atoms with Gasteiger partial charge >= 0.3 is 0 Å². The summed E-state index contributed by atoms with van der Waals surface area (Å²) in [5.41, 5.74) is 11.9. The number of rotatable bonds is 4. The number of ether oxygens (including phenoxy) is 1. The van der Waals surface area contributed by atoms with E-state index in [9.17, 15) is 4.39 Å². The second kappa shape index (κ2) is 5.63. The zero-order valence-corrected chi connectivity index (χ0v) is 10.8. The van der Waals surface area contributed by atoms with Crippen LogP contribution in [0.15, 0.2) is 6.07 Å². The molecule has 1 atom stereocenters. The maximum atomic E-state index is 13.8. The molecule has 6 heteroatoms. The van der Waals surface area contributed by atoms with Crippen molar-refractivity contribution in [3.05, 3.63) is 16.9 Å². The Labute approximate surface area is 110 Å². The first-order valence-corrected chi connectivity index (χ1v) is 6.36. The summed E-state index contributed by atoms with van der Waals surface area (Å²) < 4.78 is 19.3. The maximum Gasteiger partial charge on any atom is 0.169 e. The van der Waals surface area contributed by atoms with E-state index in [1.165, 1.54) is 6.07 Å². The molecule has 0 bridgehead atoms. The van der Waals surface area contributed by atoms with Crippen molar-refractivity contribution < 1.29 is 9.13 Å². The number of nitrogen functional groups attached to an aromatic ring is 2. The quantitative estimate of drug-likeness (QED) is 0.738. The highest BCUT2D eigenvalue weighted by atomic mass is 35.5. The number of halogens is 2. The van der Waals surface area contributed by atoms with E-state index in [0.29, 0.717) is 6.54 Å². The van der Waals surface area contributed by atoms with Gasteiger partial charge in [-0.05, 0) is 25.3 Å². The molecule has 1 saturated heterocycles. The van der Waals surface area contributed by atoms with Crippen LogP contribution in [0, 0.1) is 5.82 Å². The molecule has 1 aliphatic rings. The van der Waals surface area contributed by atoms with Gasteiger partial charge in [-0.1, -0.05) is 11.6 Å². The van der Waals surface area contributed by atoms with Crippen LogP contribution in [0.5, 0.6) is 0 Å². The van der Waals surface area contributed by atoms with E-state index >= 15 is 0 Å². The molecule has 0 aliphatic carbocycles. The number of hydrogen-bond acceptors (Lipinski definition) is 4. The van der Waals surface area contributed by atoms with Crippen LogP contribution >= 0.6 is 11.6 Å². The predicted octanol–water partition coefficient (Wildman–Crippen LogP) is 2.62. The first-order valence-electron chi connectivity index (χ1n) is 5.98. The van der Waals surface area contributed by atoms with Crippen molar-refractivity contribution in [3.8, 4) is 0 Å². The van der Waals surface area contributed by atoms with Crippen LogP contribution in [0.2, 0.25) is 5.02 Å². The lowest BCUT2D eigenvalue weighted by Gasteiger charge is -2.14. The third-order valence-electron chi connectivity index (χ3n) is 3.06. The molecule has 1 fully saturated rings. The minimum atomic E-state index is -0.596. The van der Waals surface area contributed by atoms with Gasteiger partial charge in [0.05, 0.1) is 23.2 Å². The van der Waals surface area contributed by atoms with Gasteiger partial charge in [-0.25, -0.2) is 4.39 Å². The van der Waals surface area contributed by atoms with Gasteiger partial charge in [-0.2, -0.15) is 0 Å². The molecule has 0 radical (unpaired) electrons. The molecule has 0 spiro atoms. The van der Waals surface area contributed by atoms with Crippen molar-refractivity contribution in [3.63, 3.8) is 0 Å². The number of anilines is 3. The van der Waals surface area contributed by atoms with Gasteiger partial charge in [-0.3, -0.25) is 0 Å². The van der Waals surface area contributed by atoms with Crippen molar-refractivity contribution in [2.24, 2.45) is 0 Å². The lowest BCUT2D eigenvalue weighted by atomic mass is 10.1. The predicted molar refractivity (Wildman–Crippen MR) is 72.3 cm³/mol. The monoisotopic (exact) mass is 273 g/mol. The lowest BCUT2D eigenvalue weighted by molar-refractivity contribution is 0.107. The van der Waals surface area contributed by atoms with Crippen LogP contribution in [0.25, 0.3) is 0 Å². The van der Waals surface area contributed by atoms with Crippen LogP contribution in [-0.4, -0.2) is 19.3 Å². The summed E-state index contributed by atoms with van der Waals surface area (Å²) in [5, 5.41) is 2.86. The van der Waals surface area contributed by atoms with Gasteiger partial charge in [0.15, 0.2) is 5.82 Å². The summed E-state index contributed by atoms with van der Waals surface area (Å²) in [4.78, 5) is 0. The third kappa shape index (κ3) is 2.79. The van der Waals surface area contributed by atoms with E-state index in [1.54, 1.807) is 0 Å². The Balaban J connectivity index is 1.98.